The van der Waals surface area contributed by atoms with Gasteiger partial charge in [-0.15, -0.1) is 23.2 Å². The van der Waals surface area contributed by atoms with Crippen LogP contribution < -0.4 is 26.0 Å². The maximum absolute atomic E-state index is 12.9. The minimum atomic E-state index is -4.64. The molecule has 2 amide bonds. The number of aromatic nitrogens is 3. The highest BCUT2D eigenvalue weighted by Crippen LogP contribution is 2.55. The molecule has 1 aromatic heterocycles. The molecule has 5 N–H and O–H groups in total. The summed E-state index contributed by atoms with van der Waals surface area (Å²) >= 11 is 17.9. The van der Waals surface area contributed by atoms with Gasteiger partial charge in [-0.1, -0.05) is 23.7 Å². The number of carbonyl (C=O) groups is 4. The summed E-state index contributed by atoms with van der Waals surface area (Å²) in [7, 11) is 0. The minimum Gasteiger partial charge on any atom is -0.480 e. The van der Waals surface area contributed by atoms with Gasteiger partial charge in [-0.05, 0) is 80.0 Å². The molecular formula is C32H31Cl3F3N7O6. The van der Waals surface area contributed by atoms with E-state index >= 15 is 0 Å². The molecule has 1 heterocycles. The van der Waals surface area contributed by atoms with E-state index in [1.165, 1.54) is 24.3 Å². The SMILES string of the molecule is O=C(CCC1CC1(Cl)Cl)C(=O)NCC[C@H](NC(=O)c1ccc(Nc2nc(NC3(c4ccc(Cl)cc4)CC3)nc(OCC(F)(F)F)n2)cc1)C(=O)O. The van der Waals surface area contributed by atoms with E-state index in [4.69, 9.17) is 39.5 Å². The van der Waals surface area contributed by atoms with Crippen LogP contribution in [0.5, 0.6) is 6.01 Å². The van der Waals surface area contributed by atoms with Gasteiger partial charge in [0, 0.05) is 29.2 Å². The van der Waals surface area contributed by atoms with Gasteiger partial charge in [0.25, 0.3) is 11.8 Å². The fourth-order valence-electron chi connectivity index (χ4n) is 5.04. The molecule has 5 rings (SSSR count). The van der Waals surface area contributed by atoms with E-state index in [0.29, 0.717) is 36.4 Å². The summed E-state index contributed by atoms with van der Waals surface area (Å²) in [5.74, 6) is -3.92. The van der Waals surface area contributed by atoms with Crippen molar-refractivity contribution in [1.29, 1.82) is 0 Å². The lowest BCUT2D eigenvalue weighted by Crippen LogP contribution is -2.43. The number of carboxylic acid groups (broad SMARTS) is 1. The lowest BCUT2D eigenvalue weighted by molar-refractivity contribution is -0.154. The molecule has 2 aromatic carbocycles. The van der Waals surface area contributed by atoms with E-state index in [0.717, 1.165) is 5.56 Å². The summed E-state index contributed by atoms with van der Waals surface area (Å²) in [5, 5.41) is 20.9. The number of aliphatic carboxylic acids is 1. The number of halogens is 6. The van der Waals surface area contributed by atoms with E-state index in [-0.39, 0.29) is 42.8 Å². The van der Waals surface area contributed by atoms with Crippen molar-refractivity contribution in [2.45, 2.75) is 60.6 Å². The Labute approximate surface area is 304 Å². The first kappa shape index (κ1) is 37.8. The lowest BCUT2D eigenvalue weighted by Gasteiger charge is -2.19. The predicted octanol–water partition coefficient (Wildman–Crippen LogP) is 5.54. The number of ether oxygens (including phenoxy) is 1. The largest absolute Gasteiger partial charge is 0.480 e. The Morgan fingerprint density at radius 1 is 0.980 bits per heavy atom. The quantitative estimate of drug-likeness (QED) is 0.0857. The standard InChI is InChI=1S/C32H31Cl3F3N7O6/c33-20-6-3-18(4-7-20)30(12-13-30)45-28-42-27(43-29(44-28)51-16-32(36,37)38)40-21-8-1-17(2-9-21)24(47)41-22(26(49)50)11-14-39-25(48)23(46)10-5-19-15-31(19,34)35/h1-4,6-9,19,22H,5,10-16H2,(H,39,48)(H,41,47)(H,49,50)(H2,40,42,43,44,45)/t19?,22-/m0/s1. The van der Waals surface area contributed by atoms with Crippen LogP contribution in [0.15, 0.2) is 48.5 Å². The van der Waals surface area contributed by atoms with Crippen LogP contribution in [0.3, 0.4) is 0 Å². The molecule has 0 bridgehead atoms. The van der Waals surface area contributed by atoms with Crippen LogP contribution in [0, 0.1) is 5.92 Å². The Kier molecular flexibility index (Phi) is 11.5. The molecule has 3 aromatic rings. The molecule has 13 nitrogen and oxygen atoms in total. The number of anilines is 3. The molecule has 2 aliphatic carbocycles. The predicted molar refractivity (Wildman–Crippen MR) is 180 cm³/mol. The first-order chi connectivity index (χ1) is 24.0. The van der Waals surface area contributed by atoms with Gasteiger partial charge in [-0.3, -0.25) is 14.4 Å². The van der Waals surface area contributed by atoms with Crippen LogP contribution in [0.1, 0.15) is 54.4 Å². The number of rotatable bonds is 17. The highest BCUT2D eigenvalue weighted by molar-refractivity contribution is 6.50. The molecule has 0 radical (unpaired) electrons. The van der Waals surface area contributed by atoms with Gasteiger partial charge in [0.15, 0.2) is 6.61 Å². The third-order valence-electron chi connectivity index (χ3n) is 8.13. The Morgan fingerprint density at radius 2 is 1.63 bits per heavy atom. The van der Waals surface area contributed by atoms with Gasteiger partial charge in [0.2, 0.25) is 17.7 Å². The van der Waals surface area contributed by atoms with Crippen LogP contribution in [0.2, 0.25) is 5.02 Å². The summed E-state index contributed by atoms with van der Waals surface area (Å²) < 4.78 is 42.6. The zero-order valence-corrected chi connectivity index (χ0v) is 28.8. The van der Waals surface area contributed by atoms with Gasteiger partial charge >= 0.3 is 18.2 Å². The zero-order valence-electron chi connectivity index (χ0n) is 26.5. The smallest absolute Gasteiger partial charge is 0.422 e. The Bertz CT molecular complexity index is 1780. The van der Waals surface area contributed by atoms with Crippen molar-refractivity contribution < 1.29 is 42.2 Å². The second-order valence-electron chi connectivity index (χ2n) is 12.1. The molecule has 0 spiro atoms. The third-order valence-corrected chi connectivity index (χ3v) is 9.31. The maximum atomic E-state index is 12.9. The number of alkyl halides is 5. The second-order valence-corrected chi connectivity index (χ2v) is 14.1. The molecule has 0 saturated heterocycles. The molecule has 272 valence electrons. The van der Waals surface area contributed by atoms with E-state index in [1.807, 2.05) is 12.1 Å². The van der Waals surface area contributed by atoms with Crippen molar-refractivity contribution >= 4 is 76.0 Å². The number of hydrogen-bond donors (Lipinski definition) is 5. The molecule has 1 unspecified atom stereocenters. The number of carbonyl (C=O) groups excluding carboxylic acids is 3. The molecule has 2 aliphatic rings. The van der Waals surface area contributed by atoms with Crippen molar-refractivity contribution in [2.24, 2.45) is 5.92 Å². The van der Waals surface area contributed by atoms with E-state index < -0.39 is 58.3 Å². The minimum absolute atomic E-state index is 0.0413. The Balaban J connectivity index is 1.18. The average Bonchev–Trinajstić information content (AvgIpc) is 3.98. The summed E-state index contributed by atoms with van der Waals surface area (Å²) in [5.41, 5.74) is 0.728. The van der Waals surface area contributed by atoms with Gasteiger partial charge < -0.3 is 31.1 Å². The van der Waals surface area contributed by atoms with E-state index in [1.54, 1.807) is 12.1 Å². The normalized spacial score (nSPS) is 17.4. The van der Waals surface area contributed by atoms with Crippen molar-refractivity contribution in [3.05, 3.63) is 64.7 Å². The van der Waals surface area contributed by atoms with Gasteiger partial charge in [0.05, 0.1) is 5.54 Å². The zero-order chi connectivity index (χ0) is 37.0. The van der Waals surface area contributed by atoms with Crippen LogP contribution in [0.4, 0.5) is 30.8 Å². The molecule has 2 saturated carbocycles. The first-order valence-electron chi connectivity index (χ1n) is 15.6. The highest BCUT2D eigenvalue weighted by Gasteiger charge is 2.51. The second kappa shape index (κ2) is 15.5. The van der Waals surface area contributed by atoms with E-state index in [2.05, 4.69) is 36.2 Å². The number of benzene rings is 2. The third kappa shape index (κ3) is 10.8. The number of nitrogens with one attached hydrogen (secondary N) is 4. The topological polar surface area (TPSA) is 185 Å². The van der Waals surface area contributed by atoms with Gasteiger partial charge in [-0.25, -0.2) is 4.79 Å². The number of carboxylic acids is 1. The molecular weight excluding hydrogens is 742 g/mol. The molecule has 2 fully saturated rings. The summed E-state index contributed by atoms with van der Waals surface area (Å²) in [6.07, 6.45) is -2.59. The van der Waals surface area contributed by atoms with Crippen molar-refractivity contribution in [3.8, 4) is 6.01 Å². The van der Waals surface area contributed by atoms with Crippen molar-refractivity contribution in [2.75, 3.05) is 23.8 Å². The van der Waals surface area contributed by atoms with Crippen molar-refractivity contribution in [1.82, 2.24) is 25.6 Å². The molecule has 2 atom stereocenters. The first-order valence-corrected chi connectivity index (χ1v) is 16.7. The number of ketones is 1. The van der Waals surface area contributed by atoms with Gasteiger partial charge in [-0.2, -0.15) is 28.1 Å². The van der Waals surface area contributed by atoms with Gasteiger partial charge in [0.1, 0.15) is 10.4 Å². The summed E-state index contributed by atoms with van der Waals surface area (Å²) in [6, 6.07) is 10.7. The van der Waals surface area contributed by atoms with Crippen LogP contribution in [-0.4, -0.2) is 73.3 Å². The number of nitrogens with zero attached hydrogens (tertiary/aromatic N) is 3. The monoisotopic (exact) mass is 771 g/mol. The Hall–Kier alpha value is -4.41. The number of Topliss-reactive ketones (excluding diaryl/α,β-unsaturated/α-hetero) is 1. The maximum Gasteiger partial charge on any atom is 0.422 e. The number of hydrogen-bond acceptors (Lipinski definition) is 10. The number of amides is 2. The highest BCUT2D eigenvalue weighted by atomic mass is 35.5. The Morgan fingerprint density at radius 3 is 2.22 bits per heavy atom. The average molecular weight is 773 g/mol. The fourth-order valence-corrected chi connectivity index (χ4v) is 5.75. The van der Waals surface area contributed by atoms with Crippen molar-refractivity contribution in [3.63, 3.8) is 0 Å². The van der Waals surface area contributed by atoms with Crippen LogP contribution >= 0.6 is 34.8 Å². The van der Waals surface area contributed by atoms with E-state index in [9.17, 15) is 37.5 Å². The molecule has 0 aliphatic heterocycles. The summed E-state index contributed by atoms with van der Waals surface area (Å²) in [4.78, 5) is 61.1. The lowest BCUT2D eigenvalue weighted by atomic mass is 10.1. The summed E-state index contributed by atoms with van der Waals surface area (Å²) in [6.45, 7) is -1.82. The van der Waals surface area contributed by atoms with Crippen LogP contribution in [0.25, 0.3) is 0 Å². The molecule has 51 heavy (non-hydrogen) atoms. The van der Waals surface area contributed by atoms with Crippen LogP contribution in [-0.2, 0) is 19.9 Å². The molecule has 19 heteroatoms. The fraction of sp³-hybridized carbons (Fsp3) is 0.406.